The van der Waals surface area contributed by atoms with Crippen LogP contribution in [0.5, 0.6) is 0 Å². The van der Waals surface area contributed by atoms with Crippen LogP contribution in [0.4, 0.5) is 0 Å². The molecule has 1 saturated carbocycles. The molecule has 3 amide bonds. The van der Waals surface area contributed by atoms with Crippen LogP contribution >= 0.6 is 0 Å². The standard InChI is InChI=1S/C14H23N3O3/c18-12(8-7-11-5-1-2-6-11)15-16-13(19)14(20)17-9-3-4-10-17/h11H,1-10H2,(H,15,18)(H,16,19). The van der Waals surface area contributed by atoms with Crippen molar-refractivity contribution in [1.82, 2.24) is 15.8 Å². The lowest BCUT2D eigenvalue weighted by atomic mass is 10.0. The monoisotopic (exact) mass is 281 g/mol. The Morgan fingerprint density at radius 3 is 2.25 bits per heavy atom. The summed E-state index contributed by atoms with van der Waals surface area (Å²) in [5, 5.41) is 0. The van der Waals surface area contributed by atoms with Gasteiger partial charge in [0.2, 0.25) is 5.91 Å². The van der Waals surface area contributed by atoms with Crippen molar-refractivity contribution in [3.63, 3.8) is 0 Å². The first-order chi connectivity index (χ1) is 9.66. The van der Waals surface area contributed by atoms with Crippen molar-refractivity contribution in [2.24, 2.45) is 5.92 Å². The molecule has 0 spiro atoms. The maximum Gasteiger partial charge on any atom is 0.327 e. The zero-order chi connectivity index (χ0) is 14.4. The second kappa shape index (κ2) is 7.26. The minimum absolute atomic E-state index is 0.223. The van der Waals surface area contributed by atoms with E-state index in [1.807, 2.05) is 0 Å². The molecule has 2 N–H and O–H groups in total. The van der Waals surface area contributed by atoms with E-state index in [-0.39, 0.29) is 5.91 Å². The lowest BCUT2D eigenvalue weighted by Crippen LogP contribution is -2.49. The van der Waals surface area contributed by atoms with Gasteiger partial charge in [-0.1, -0.05) is 25.7 Å². The first-order valence-corrected chi connectivity index (χ1v) is 7.55. The Morgan fingerprint density at radius 2 is 1.60 bits per heavy atom. The number of hydrazine groups is 1. The third-order valence-electron chi connectivity index (χ3n) is 4.16. The van der Waals surface area contributed by atoms with Crippen molar-refractivity contribution in [1.29, 1.82) is 0 Å². The van der Waals surface area contributed by atoms with Crippen molar-refractivity contribution in [3.05, 3.63) is 0 Å². The molecule has 1 saturated heterocycles. The minimum Gasteiger partial charge on any atom is -0.334 e. The fourth-order valence-electron chi connectivity index (χ4n) is 2.94. The van der Waals surface area contributed by atoms with Gasteiger partial charge in [-0.15, -0.1) is 0 Å². The third-order valence-corrected chi connectivity index (χ3v) is 4.16. The summed E-state index contributed by atoms with van der Waals surface area (Å²) in [6.45, 7) is 1.25. The van der Waals surface area contributed by atoms with E-state index in [0.717, 1.165) is 19.3 Å². The van der Waals surface area contributed by atoms with E-state index in [0.29, 0.717) is 25.4 Å². The summed E-state index contributed by atoms with van der Waals surface area (Å²) in [7, 11) is 0. The Labute approximate surface area is 119 Å². The van der Waals surface area contributed by atoms with Crippen LogP contribution in [-0.2, 0) is 14.4 Å². The van der Waals surface area contributed by atoms with E-state index in [9.17, 15) is 14.4 Å². The maximum absolute atomic E-state index is 11.7. The molecule has 0 aromatic carbocycles. The van der Waals surface area contributed by atoms with Crippen LogP contribution in [0.25, 0.3) is 0 Å². The molecule has 0 unspecified atom stereocenters. The fraction of sp³-hybridized carbons (Fsp3) is 0.786. The molecule has 112 valence electrons. The molecule has 0 aromatic rings. The zero-order valence-electron chi connectivity index (χ0n) is 11.8. The van der Waals surface area contributed by atoms with Crippen molar-refractivity contribution in [2.75, 3.05) is 13.1 Å². The highest BCUT2D eigenvalue weighted by atomic mass is 16.2. The van der Waals surface area contributed by atoms with Crippen LogP contribution in [0, 0.1) is 5.92 Å². The molecule has 2 rings (SSSR count). The van der Waals surface area contributed by atoms with E-state index in [1.165, 1.54) is 30.6 Å². The van der Waals surface area contributed by atoms with E-state index < -0.39 is 11.8 Å². The van der Waals surface area contributed by atoms with Gasteiger partial charge in [-0.2, -0.15) is 0 Å². The first-order valence-electron chi connectivity index (χ1n) is 7.55. The highest BCUT2D eigenvalue weighted by Crippen LogP contribution is 2.28. The molecule has 1 aliphatic carbocycles. The van der Waals surface area contributed by atoms with Crippen LogP contribution < -0.4 is 10.9 Å². The van der Waals surface area contributed by atoms with Crippen LogP contribution in [0.2, 0.25) is 0 Å². The molecular weight excluding hydrogens is 258 g/mol. The summed E-state index contributed by atoms with van der Waals surface area (Å²) in [6.07, 6.45) is 8.06. The lowest BCUT2D eigenvalue weighted by molar-refractivity contribution is -0.146. The summed E-state index contributed by atoms with van der Waals surface area (Å²) in [5.74, 6) is -0.887. The topological polar surface area (TPSA) is 78.5 Å². The molecular formula is C14H23N3O3. The van der Waals surface area contributed by atoms with E-state index in [4.69, 9.17) is 0 Å². The van der Waals surface area contributed by atoms with Crippen LogP contribution in [0.1, 0.15) is 51.4 Å². The minimum atomic E-state index is -0.749. The SMILES string of the molecule is O=C(CCC1CCCC1)NNC(=O)C(=O)N1CCCC1. The number of hydrogen-bond donors (Lipinski definition) is 2. The largest absolute Gasteiger partial charge is 0.334 e. The van der Waals surface area contributed by atoms with Crippen LogP contribution in [0.15, 0.2) is 0 Å². The molecule has 1 aliphatic heterocycles. The molecule has 20 heavy (non-hydrogen) atoms. The van der Waals surface area contributed by atoms with E-state index in [1.54, 1.807) is 0 Å². The number of carbonyl (C=O) groups is 3. The maximum atomic E-state index is 11.7. The van der Waals surface area contributed by atoms with Crippen LogP contribution in [0.3, 0.4) is 0 Å². The average Bonchev–Trinajstić information content (AvgIpc) is 3.13. The fourth-order valence-corrected chi connectivity index (χ4v) is 2.94. The van der Waals surface area contributed by atoms with Gasteiger partial charge in [0, 0.05) is 19.5 Å². The van der Waals surface area contributed by atoms with Gasteiger partial charge in [0.25, 0.3) is 0 Å². The van der Waals surface area contributed by atoms with Crippen molar-refractivity contribution in [2.45, 2.75) is 51.4 Å². The molecule has 2 fully saturated rings. The van der Waals surface area contributed by atoms with Gasteiger partial charge in [-0.05, 0) is 25.2 Å². The summed E-state index contributed by atoms with van der Waals surface area (Å²) < 4.78 is 0. The molecule has 0 aromatic heterocycles. The highest BCUT2D eigenvalue weighted by molar-refractivity contribution is 6.35. The highest BCUT2D eigenvalue weighted by Gasteiger charge is 2.24. The Bertz CT molecular complexity index is 372. The molecule has 0 atom stereocenters. The molecule has 0 bridgehead atoms. The molecule has 0 radical (unpaired) electrons. The van der Waals surface area contributed by atoms with Gasteiger partial charge < -0.3 is 4.90 Å². The predicted octanol–water partition coefficient (Wildman–Crippen LogP) is 0.727. The second-order valence-corrected chi connectivity index (χ2v) is 5.69. The normalized spacial score (nSPS) is 19.1. The third kappa shape index (κ3) is 4.21. The summed E-state index contributed by atoms with van der Waals surface area (Å²) in [4.78, 5) is 36.4. The Hall–Kier alpha value is -1.59. The first kappa shape index (κ1) is 14.8. The Morgan fingerprint density at radius 1 is 0.950 bits per heavy atom. The van der Waals surface area contributed by atoms with Crippen LogP contribution in [-0.4, -0.2) is 35.7 Å². The zero-order valence-corrected chi connectivity index (χ0v) is 11.8. The Kier molecular flexibility index (Phi) is 5.38. The average molecular weight is 281 g/mol. The molecule has 1 heterocycles. The number of carbonyl (C=O) groups excluding carboxylic acids is 3. The van der Waals surface area contributed by atoms with Gasteiger partial charge >= 0.3 is 11.8 Å². The summed E-state index contributed by atoms with van der Waals surface area (Å²) >= 11 is 0. The number of likely N-dealkylation sites (tertiary alicyclic amines) is 1. The van der Waals surface area contributed by atoms with Crippen molar-refractivity contribution < 1.29 is 14.4 Å². The molecule has 6 nitrogen and oxygen atoms in total. The van der Waals surface area contributed by atoms with Gasteiger partial charge in [-0.25, -0.2) is 0 Å². The number of nitrogens with zero attached hydrogens (tertiary/aromatic N) is 1. The smallest absolute Gasteiger partial charge is 0.327 e. The number of amides is 3. The van der Waals surface area contributed by atoms with Gasteiger partial charge in [0.15, 0.2) is 0 Å². The van der Waals surface area contributed by atoms with Crippen molar-refractivity contribution >= 4 is 17.7 Å². The quantitative estimate of drug-likeness (QED) is 0.591. The molecule has 2 aliphatic rings. The van der Waals surface area contributed by atoms with E-state index in [2.05, 4.69) is 10.9 Å². The number of hydrogen-bond acceptors (Lipinski definition) is 3. The number of nitrogens with one attached hydrogen (secondary N) is 2. The second-order valence-electron chi connectivity index (χ2n) is 5.69. The summed E-state index contributed by atoms with van der Waals surface area (Å²) in [5.41, 5.74) is 4.53. The summed E-state index contributed by atoms with van der Waals surface area (Å²) in [6, 6.07) is 0. The van der Waals surface area contributed by atoms with Crippen molar-refractivity contribution in [3.8, 4) is 0 Å². The predicted molar refractivity (Wildman–Crippen MR) is 73.3 cm³/mol. The Balaban J connectivity index is 1.61. The lowest BCUT2D eigenvalue weighted by Gasteiger charge is -2.15. The van der Waals surface area contributed by atoms with Gasteiger partial charge in [-0.3, -0.25) is 25.2 Å². The van der Waals surface area contributed by atoms with Gasteiger partial charge in [0.1, 0.15) is 0 Å². The van der Waals surface area contributed by atoms with E-state index >= 15 is 0 Å². The number of rotatable bonds is 3. The van der Waals surface area contributed by atoms with Gasteiger partial charge in [0.05, 0.1) is 0 Å². The molecule has 6 heteroatoms.